The molecule has 1 rings (SSSR count). The molecule has 1 unspecified atom stereocenters. The van der Waals surface area contributed by atoms with Gasteiger partial charge in [0.15, 0.2) is 0 Å². The van der Waals surface area contributed by atoms with Crippen LogP contribution in [0.4, 0.5) is 13.2 Å². The molecular weight excluding hydrogens is 199 g/mol. The van der Waals surface area contributed by atoms with E-state index in [-0.39, 0.29) is 12.2 Å². The van der Waals surface area contributed by atoms with Crippen LogP contribution in [0.5, 0.6) is 0 Å². The molecule has 0 saturated heterocycles. The van der Waals surface area contributed by atoms with Gasteiger partial charge in [0.25, 0.3) is 5.82 Å². The first kappa shape index (κ1) is 10.5. The summed E-state index contributed by atoms with van der Waals surface area (Å²) in [6.07, 6.45) is -4.71. The summed E-state index contributed by atoms with van der Waals surface area (Å²) < 4.78 is 36.0. The van der Waals surface area contributed by atoms with Gasteiger partial charge >= 0.3 is 6.18 Å². The van der Waals surface area contributed by atoms with Crippen LogP contribution in [0.2, 0.25) is 0 Å². The Balaban J connectivity index is 2.84. The summed E-state index contributed by atoms with van der Waals surface area (Å²) in [5.41, 5.74) is 5.34. The van der Waals surface area contributed by atoms with Crippen molar-refractivity contribution in [3.05, 3.63) is 11.6 Å². The van der Waals surface area contributed by atoms with E-state index in [0.717, 1.165) is 0 Å². The van der Waals surface area contributed by atoms with Crippen molar-refractivity contribution in [2.24, 2.45) is 5.73 Å². The Morgan fingerprint density at radius 2 is 2.21 bits per heavy atom. The summed E-state index contributed by atoms with van der Waals surface area (Å²) >= 11 is 0. The topological polar surface area (TPSA) is 91.4 Å². The highest BCUT2D eigenvalue weighted by Gasteiger charge is 2.36. The minimum Gasteiger partial charge on any atom is -0.320 e. The number of nitrogens with one attached hydrogen (secondary N) is 1. The van der Waals surface area contributed by atoms with Gasteiger partial charge in [-0.05, 0) is 0 Å². The maximum atomic E-state index is 12.0. The number of H-pyrrole nitrogens is 1. The van der Waals surface area contributed by atoms with E-state index in [2.05, 4.69) is 10.1 Å². The molecule has 0 aromatic carbocycles. The van der Waals surface area contributed by atoms with Gasteiger partial charge in [-0.2, -0.15) is 18.4 Å². The van der Waals surface area contributed by atoms with Gasteiger partial charge in [-0.25, -0.2) is 4.98 Å². The molecule has 0 aliphatic rings. The number of hydrogen-bond donors (Lipinski definition) is 2. The third-order valence-corrected chi connectivity index (χ3v) is 1.42. The highest BCUT2D eigenvalue weighted by molar-refractivity contribution is 5.00. The molecule has 1 aromatic rings. The first-order valence-electron chi connectivity index (χ1n) is 3.57. The van der Waals surface area contributed by atoms with Crippen LogP contribution in [0.25, 0.3) is 0 Å². The average Bonchev–Trinajstić information content (AvgIpc) is 2.51. The minimum absolute atomic E-state index is 0.119. The molecule has 1 aromatic heterocycles. The Morgan fingerprint density at radius 3 is 2.64 bits per heavy atom. The number of hydrogen-bond acceptors (Lipinski definition) is 4. The molecule has 1 heterocycles. The maximum absolute atomic E-state index is 12.0. The molecule has 0 bridgehead atoms. The molecule has 5 nitrogen and oxygen atoms in total. The second-order valence-electron chi connectivity index (χ2n) is 2.51. The average molecular weight is 205 g/mol. The number of nitriles is 1. The van der Waals surface area contributed by atoms with Crippen LogP contribution in [0.3, 0.4) is 0 Å². The molecule has 0 aliphatic carbocycles. The number of aromatic nitrogens is 3. The van der Waals surface area contributed by atoms with Crippen LogP contribution in [-0.2, 0) is 6.18 Å². The summed E-state index contributed by atoms with van der Waals surface area (Å²) in [5.74, 6) is -1.42. The molecule has 3 N–H and O–H groups in total. The number of nitrogens with zero attached hydrogens (tertiary/aromatic N) is 3. The van der Waals surface area contributed by atoms with E-state index in [9.17, 15) is 13.2 Å². The third kappa shape index (κ3) is 2.20. The van der Waals surface area contributed by atoms with Crippen molar-refractivity contribution in [1.29, 1.82) is 5.26 Å². The van der Waals surface area contributed by atoms with E-state index in [4.69, 9.17) is 11.0 Å². The zero-order valence-corrected chi connectivity index (χ0v) is 6.84. The van der Waals surface area contributed by atoms with Gasteiger partial charge in [0.1, 0.15) is 5.82 Å². The van der Waals surface area contributed by atoms with E-state index in [1.165, 1.54) is 0 Å². The number of nitrogens with two attached hydrogens (primary N) is 1. The molecule has 0 saturated carbocycles. The standard InChI is InChI=1S/C6H6F3N5/c7-6(8,9)5-12-4(13-14-5)3(11)1-2-10/h3H,1,11H2,(H,12,13,14). The Bertz CT molecular complexity index is 349. The molecule has 8 heteroatoms. The predicted molar refractivity (Wildman–Crippen MR) is 38.5 cm³/mol. The normalized spacial score (nSPS) is 13.6. The lowest BCUT2D eigenvalue weighted by molar-refractivity contribution is -0.144. The molecule has 0 spiro atoms. The van der Waals surface area contributed by atoms with Crippen molar-refractivity contribution in [1.82, 2.24) is 15.2 Å². The number of aromatic amines is 1. The van der Waals surface area contributed by atoms with Crippen LogP contribution >= 0.6 is 0 Å². The van der Waals surface area contributed by atoms with Gasteiger partial charge in [0.05, 0.1) is 18.5 Å². The highest BCUT2D eigenvalue weighted by Crippen LogP contribution is 2.26. The number of alkyl halides is 3. The fourth-order valence-corrected chi connectivity index (χ4v) is 0.762. The molecule has 0 amide bonds. The number of rotatable bonds is 2. The summed E-state index contributed by atoms with van der Waals surface area (Å²) in [7, 11) is 0. The lowest BCUT2D eigenvalue weighted by Crippen LogP contribution is -2.12. The van der Waals surface area contributed by atoms with Gasteiger partial charge in [-0.15, -0.1) is 5.10 Å². The van der Waals surface area contributed by atoms with Gasteiger partial charge in [0.2, 0.25) is 0 Å². The summed E-state index contributed by atoms with van der Waals surface area (Å²) in [6.45, 7) is 0. The molecule has 0 fully saturated rings. The minimum atomic E-state index is -4.60. The SMILES string of the molecule is N#CCC(N)c1nc(C(F)(F)F)n[nH]1. The molecular formula is C6H6F3N5. The van der Waals surface area contributed by atoms with Gasteiger partial charge in [-0.3, -0.25) is 5.10 Å². The zero-order chi connectivity index (χ0) is 10.8. The van der Waals surface area contributed by atoms with Crippen molar-refractivity contribution < 1.29 is 13.2 Å². The van der Waals surface area contributed by atoms with Crippen LogP contribution in [0.15, 0.2) is 0 Å². The fourth-order valence-electron chi connectivity index (χ4n) is 0.762. The van der Waals surface area contributed by atoms with E-state index in [1.807, 2.05) is 5.10 Å². The van der Waals surface area contributed by atoms with Crippen LogP contribution < -0.4 is 5.73 Å². The lowest BCUT2D eigenvalue weighted by Gasteiger charge is -2.01. The van der Waals surface area contributed by atoms with E-state index in [1.54, 1.807) is 6.07 Å². The van der Waals surface area contributed by atoms with E-state index in [0.29, 0.717) is 0 Å². The van der Waals surface area contributed by atoms with Crippen molar-refractivity contribution >= 4 is 0 Å². The number of halogens is 3. The van der Waals surface area contributed by atoms with E-state index >= 15 is 0 Å². The zero-order valence-electron chi connectivity index (χ0n) is 6.84. The maximum Gasteiger partial charge on any atom is 0.453 e. The lowest BCUT2D eigenvalue weighted by atomic mass is 10.2. The van der Waals surface area contributed by atoms with Gasteiger partial charge in [0, 0.05) is 0 Å². The van der Waals surface area contributed by atoms with Crippen molar-refractivity contribution in [3.63, 3.8) is 0 Å². The molecule has 76 valence electrons. The second kappa shape index (κ2) is 3.63. The molecule has 0 radical (unpaired) electrons. The Labute approximate surface area is 76.7 Å². The molecule has 14 heavy (non-hydrogen) atoms. The van der Waals surface area contributed by atoms with Crippen LogP contribution in [0, 0.1) is 11.3 Å². The largest absolute Gasteiger partial charge is 0.453 e. The smallest absolute Gasteiger partial charge is 0.320 e. The Hall–Kier alpha value is -1.62. The summed E-state index contributed by atoms with van der Waals surface area (Å²) in [4.78, 5) is 3.13. The quantitative estimate of drug-likeness (QED) is 0.744. The highest BCUT2D eigenvalue weighted by atomic mass is 19.4. The first-order valence-corrected chi connectivity index (χ1v) is 3.57. The van der Waals surface area contributed by atoms with Gasteiger partial charge < -0.3 is 5.73 Å². The fraction of sp³-hybridized carbons (Fsp3) is 0.500. The summed E-state index contributed by atoms with van der Waals surface area (Å²) in [5, 5.41) is 13.2. The molecule has 1 atom stereocenters. The predicted octanol–water partition coefficient (Wildman–Crippen LogP) is 0.737. The first-order chi connectivity index (χ1) is 6.45. The Morgan fingerprint density at radius 1 is 1.57 bits per heavy atom. The monoisotopic (exact) mass is 205 g/mol. The van der Waals surface area contributed by atoms with Gasteiger partial charge in [-0.1, -0.05) is 0 Å². The molecule has 0 aliphatic heterocycles. The summed E-state index contributed by atoms with van der Waals surface area (Å²) in [6, 6.07) is 0.848. The van der Waals surface area contributed by atoms with Crippen molar-refractivity contribution in [3.8, 4) is 6.07 Å². The van der Waals surface area contributed by atoms with Crippen molar-refractivity contribution in [2.75, 3.05) is 0 Å². The second-order valence-corrected chi connectivity index (χ2v) is 2.51. The van der Waals surface area contributed by atoms with E-state index < -0.39 is 18.0 Å². The van der Waals surface area contributed by atoms with Crippen LogP contribution in [-0.4, -0.2) is 15.2 Å². The Kier molecular flexibility index (Phi) is 2.71. The van der Waals surface area contributed by atoms with Crippen LogP contribution in [0.1, 0.15) is 24.1 Å². The van der Waals surface area contributed by atoms with Crippen molar-refractivity contribution in [2.45, 2.75) is 18.6 Å². The third-order valence-electron chi connectivity index (χ3n) is 1.42.